The third kappa shape index (κ3) is 1.77. The van der Waals surface area contributed by atoms with Crippen molar-refractivity contribution in [3.05, 3.63) is 0 Å². The Kier molecular flexibility index (Phi) is 3.01. The van der Waals surface area contributed by atoms with Gasteiger partial charge in [-0.05, 0) is 31.1 Å². The number of rotatable bonds is 4. The molecule has 2 fully saturated rings. The van der Waals surface area contributed by atoms with Gasteiger partial charge in [0.2, 0.25) is 5.91 Å². The molecule has 0 aromatic carbocycles. The summed E-state index contributed by atoms with van der Waals surface area (Å²) in [4.78, 5) is 11.8. The van der Waals surface area contributed by atoms with Gasteiger partial charge in [-0.15, -0.1) is 11.6 Å². The lowest BCUT2D eigenvalue weighted by atomic mass is 10.1. The normalized spacial score (nSPS) is 36.3. The first-order chi connectivity index (χ1) is 6.77. The Morgan fingerprint density at radius 1 is 1.50 bits per heavy atom. The van der Waals surface area contributed by atoms with Gasteiger partial charge in [0, 0.05) is 17.8 Å². The Bertz CT molecular complexity index is 217. The molecule has 0 spiro atoms. The predicted molar refractivity (Wildman–Crippen MR) is 57.3 cm³/mol. The summed E-state index contributed by atoms with van der Waals surface area (Å²) < 4.78 is 0. The van der Waals surface area contributed by atoms with Crippen LogP contribution in [-0.4, -0.2) is 17.8 Å². The Balaban J connectivity index is 1.79. The third-order valence-electron chi connectivity index (χ3n) is 3.73. The molecule has 0 bridgehead atoms. The van der Waals surface area contributed by atoms with Crippen molar-refractivity contribution in [3.8, 4) is 0 Å². The molecular weight excluding hydrogens is 198 g/mol. The molecule has 80 valence electrons. The summed E-state index contributed by atoms with van der Waals surface area (Å²) in [6.45, 7) is 2.06. The number of carbonyl (C=O) groups excluding carboxylic acids is 1. The van der Waals surface area contributed by atoms with Crippen LogP contribution < -0.4 is 5.32 Å². The molecule has 3 atom stereocenters. The maximum absolute atomic E-state index is 11.8. The summed E-state index contributed by atoms with van der Waals surface area (Å²) >= 11 is 5.74. The molecule has 0 aromatic heterocycles. The number of alkyl halides is 1. The van der Waals surface area contributed by atoms with Crippen molar-refractivity contribution in [3.63, 3.8) is 0 Å². The van der Waals surface area contributed by atoms with Crippen LogP contribution in [0, 0.1) is 17.8 Å². The average molecular weight is 216 g/mol. The summed E-state index contributed by atoms with van der Waals surface area (Å²) in [6.07, 6.45) is 4.78. The van der Waals surface area contributed by atoms with Gasteiger partial charge in [0.25, 0.3) is 0 Å². The highest BCUT2D eigenvalue weighted by atomic mass is 35.5. The molecule has 1 amide bonds. The average Bonchev–Trinajstić information content (AvgIpc) is 2.69. The Hall–Kier alpha value is -0.240. The second kappa shape index (κ2) is 4.09. The molecule has 3 heteroatoms. The molecule has 1 N–H and O–H groups in total. The molecule has 14 heavy (non-hydrogen) atoms. The van der Waals surface area contributed by atoms with Gasteiger partial charge in [-0.25, -0.2) is 0 Å². The van der Waals surface area contributed by atoms with Crippen LogP contribution >= 0.6 is 11.6 Å². The van der Waals surface area contributed by atoms with E-state index in [2.05, 4.69) is 12.2 Å². The van der Waals surface area contributed by atoms with Gasteiger partial charge in [0.1, 0.15) is 0 Å². The molecular formula is C11H18ClNO. The zero-order chi connectivity index (χ0) is 10.1. The van der Waals surface area contributed by atoms with E-state index in [1.165, 1.54) is 19.3 Å². The highest BCUT2D eigenvalue weighted by Gasteiger charge is 2.56. The van der Waals surface area contributed by atoms with Crippen LogP contribution in [-0.2, 0) is 4.79 Å². The number of carbonyl (C=O) groups is 1. The van der Waals surface area contributed by atoms with Crippen LogP contribution in [0.2, 0.25) is 0 Å². The Morgan fingerprint density at radius 2 is 2.14 bits per heavy atom. The van der Waals surface area contributed by atoms with Crippen LogP contribution in [0.1, 0.15) is 32.6 Å². The van der Waals surface area contributed by atoms with Crippen molar-refractivity contribution >= 4 is 17.5 Å². The molecule has 0 saturated heterocycles. The lowest BCUT2D eigenvalue weighted by molar-refractivity contribution is -0.123. The quantitative estimate of drug-likeness (QED) is 0.716. The van der Waals surface area contributed by atoms with E-state index in [0.717, 1.165) is 6.42 Å². The molecule has 0 radical (unpaired) electrons. The first-order valence-electron chi connectivity index (χ1n) is 5.64. The van der Waals surface area contributed by atoms with Crippen molar-refractivity contribution in [2.45, 2.75) is 38.6 Å². The third-order valence-corrected chi connectivity index (χ3v) is 4.11. The SMILES string of the molecule is CCC(CCl)NC(=O)C1C2CCCC21. The number of nitrogens with one attached hydrogen (secondary N) is 1. The Morgan fingerprint density at radius 3 is 2.64 bits per heavy atom. The van der Waals surface area contributed by atoms with Crippen LogP contribution in [0.15, 0.2) is 0 Å². The molecule has 2 saturated carbocycles. The van der Waals surface area contributed by atoms with E-state index in [1.54, 1.807) is 0 Å². The van der Waals surface area contributed by atoms with Crippen LogP contribution in [0.4, 0.5) is 0 Å². The van der Waals surface area contributed by atoms with E-state index in [1.807, 2.05) is 0 Å². The van der Waals surface area contributed by atoms with E-state index in [-0.39, 0.29) is 11.9 Å². The van der Waals surface area contributed by atoms with E-state index in [0.29, 0.717) is 23.6 Å². The maximum Gasteiger partial charge on any atom is 0.223 e. The van der Waals surface area contributed by atoms with Crippen molar-refractivity contribution in [1.29, 1.82) is 0 Å². The second-order valence-electron chi connectivity index (χ2n) is 4.55. The fourth-order valence-electron chi connectivity index (χ4n) is 2.76. The zero-order valence-corrected chi connectivity index (χ0v) is 9.39. The van der Waals surface area contributed by atoms with Crippen molar-refractivity contribution < 1.29 is 4.79 Å². The van der Waals surface area contributed by atoms with Gasteiger partial charge in [-0.2, -0.15) is 0 Å². The second-order valence-corrected chi connectivity index (χ2v) is 4.86. The summed E-state index contributed by atoms with van der Waals surface area (Å²) in [5.41, 5.74) is 0. The summed E-state index contributed by atoms with van der Waals surface area (Å²) in [6, 6.07) is 0.172. The Labute approximate surface area is 90.4 Å². The van der Waals surface area contributed by atoms with Gasteiger partial charge in [-0.3, -0.25) is 4.79 Å². The number of amides is 1. The maximum atomic E-state index is 11.8. The molecule has 2 aliphatic rings. The highest BCUT2D eigenvalue weighted by Crippen LogP contribution is 2.57. The molecule has 0 aromatic rings. The van der Waals surface area contributed by atoms with Gasteiger partial charge in [0.15, 0.2) is 0 Å². The molecule has 2 rings (SSSR count). The van der Waals surface area contributed by atoms with Gasteiger partial charge in [0.05, 0.1) is 0 Å². The van der Waals surface area contributed by atoms with Crippen molar-refractivity contribution in [2.75, 3.05) is 5.88 Å². The van der Waals surface area contributed by atoms with Crippen molar-refractivity contribution in [2.24, 2.45) is 17.8 Å². The largest absolute Gasteiger partial charge is 0.352 e. The van der Waals surface area contributed by atoms with Crippen molar-refractivity contribution in [1.82, 2.24) is 5.32 Å². The van der Waals surface area contributed by atoms with E-state index >= 15 is 0 Å². The number of hydrogen-bond donors (Lipinski definition) is 1. The summed E-state index contributed by atoms with van der Waals surface area (Å²) in [5.74, 6) is 2.54. The molecule has 0 heterocycles. The fourth-order valence-corrected chi connectivity index (χ4v) is 3.05. The minimum absolute atomic E-state index is 0.172. The minimum atomic E-state index is 0.172. The summed E-state index contributed by atoms with van der Waals surface area (Å²) in [7, 11) is 0. The zero-order valence-electron chi connectivity index (χ0n) is 8.63. The first-order valence-corrected chi connectivity index (χ1v) is 6.17. The van der Waals surface area contributed by atoms with Gasteiger partial charge < -0.3 is 5.32 Å². The fraction of sp³-hybridized carbons (Fsp3) is 0.909. The number of fused-ring (bicyclic) bond motifs is 1. The first kappa shape index (κ1) is 10.3. The standard InChI is InChI=1S/C11H18ClNO/c1-2-7(6-12)13-11(14)10-8-4-3-5-9(8)10/h7-10H,2-6H2,1H3,(H,13,14). The number of hydrogen-bond acceptors (Lipinski definition) is 1. The van der Waals surface area contributed by atoms with Crippen LogP contribution in [0.5, 0.6) is 0 Å². The minimum Gasteiger partial charge on any atom is -0.352 e. The van der Waals surface area contributed by atoms with Gasteiger partial charge in [-0.1, -0.05) is 13.3 Å². The predicted octanol–water partition coefficient (Wildman–Crippen LogP) is 2.17. The van der Waals surface area contributed by atoms with E-state index in [9.17, 15) is 4.79 Å². The monoisotopic (exact) mass is 215 g/mol. The molecule has 2 aliphatic carbocycles. The molecule has 3 unspecified atom stereocenters. The smallest absolute Gasteiger partial charge is 0.223 e. The van der Waals surface area contributed by atoms with Crippen LogP contribution in [0.25, 0.3) is 0 Å². The van der Waals surface area contributed by atoms with Crippen LogP contribution in [0.3, 0.4) is 0 Å². The lowest BCUT2D eigenvalue weighted by Crippen LogP contribution is -2.37. The highest BCUT2D eigenvalue weighted by molar-refractivity contribution is 6.18. The topological polar surface area (TPSA) is 29.1 Å². The lowest BCUT2D eigenvalue weighted by Gasteiger charge is -2.14. The van der Waals surface area contributed by atoms with Gasteiger partial charge >= 0.3 is 0 Å². The van der Waals surface area contributed by atoms with E-state index in [4.69, 9.17) is 11.6 Å². The summed E-state index contributed by atoms with van der Waals surface area (Å²) in [5, 5.41) is 3.04. The molecule has 0 aliphatic heterocycles. The van der Waals surface area contributed by atoms with E-state index < -0.39 is 0 Å². The molecule has 2 nitrogen and oxygen atoms in total. The number of halogens is 1.